The maximum atomic E-state index is 9.14. The molecule has 6 heteroatoms. The molecule has 0 unspecified atom stereocenters. The van der Waals surface area contributed by atoms with Gasteiger partial charge < -0.3 is 14.6 Å². The number of hydrogen-bond acceptors (Lipinski definition) is 4. The van der Waals surface area contributed by atoms with Crippen molar-refractivity contribution in [1.29, 1.82) is 0 Å². The first kappa shape index (κ1) is 13.0. The Kier molecular flexibility index (Phi) is 5.59. The molecule has 1 heterocycles. The lowest BCUT2D eigenvalue weighted by molar-refractivity contribution is 0.0183. The van der Waals surface area contributed by atoms with Crippen LogP contribution in [0.3, 0.4) is 0 Å². The van der Waals surface area contributed by atoms with Crippen LogP contribution in [0.25, 0.3) is 0 Å². The molecule has 0 bridgehead atoms. The highest BCUT2D eigenvalue weighted by molar-refractivity contribution is 14.1. The molecule has 1 aromatic rings. The molecule has 0 aliphatic heterocycles. The van der Waals surface area contributed by atoms with Crippen LogP contribution in [0.5, 0.6) is 5.88 Å². The topological polar surface area (TPSA) is 51.6 Å². The molecule has 0 radical (unpaired) electrons. The van der Waals surface area contributed by atoms with Gasteiger partial charge in [-0.1, -0.05) is 11.6 Å². The quantitative estimate of drug-likeness (QED) is 0.385. The zero-order valence-electron chi connectivity index (χ0n) is 8.17. The van der Waals surface area contributed by atoms with Crippen molar-refractivity contribution in [2.75, 3.05) is 13.4 Å². The van der Waals surface area contributed by atoms with Gasteiger partial charge in [-0.3, -0.25) is 0 Å². The molecule has 0 amide bonds. The summed E-state index contributed by atoms with van der Waals surface area (Å²) >= 11 is 7.84. The van der Waals surface area contributed by atoms with Crippen LogP contribution in [-0.4, -0.2) is 23.5 Å². The Bertz CT molecular complexity index is 335. The van der Waals surface area contributed by atoms with Gasteiger partial charge in [-0.2, -0.15) is 0 Å². The van der Waals surface area contributed by atoms with E-state index in [9.17, 15) is 0 Å². The van der Waals surface area contributed by atoms with Crippen LogP contribution in [0, 0.1) is 3.57 Å². The van der Waals surface area contributed by atoms with Crippen molar-refractivity contribution in [3.8, 4) is 5.88 Å². The molecule has 4 nitrogen and oxygen atoms in total. The van der Waals surface area contributed by atoms with Crippen molar-refractivity contribution in [1.82, 2.24) is 4.98 Å². The lowest BCUT2D eigenvalue weighted by Gasteiger charge is -2.10. The molecule has 0 spiro atoms. The third-order valence-electron chi connectivity index (χ3n) is 1.64. The summed E-state index contributed by atoms with van der Waals surface area (Å²) in [6.45, 7) is 2.40. The summed E-state index contributed by atoms with van der Waals surface area (Å²) in [7, 11) is 0. The lowest BCUT2D eigenvalue weighted by Crippen LogP contribution is -2.07. The van der Waals surface area contributed by atoms with E-state index in [0.717, 1.165) is 3.57 Å². The smallest absolute Gasteiger partial charge is 0.223 e. The van der Waals surface area contributed by atoms with Crippen LogP contribution < -0.4 is 4.74 Å². The minimum Gasteiger partial charge on any atom is -0.450 e. The van der Waals surface area contributed by atoms with E-state index in [1.54, 1.807) is 6.07 Å². The highest BCUT2D eigenvalue weighted by Gasteiger charge is 2.10. The van der Waals surface area contributed by atoms with Crippen LogP contribution in [-0.2, 0) is 11.3 Å². The third-order valence-corrected chi connectivity index (χ3v) is 2.80. The summed E-state index contributed by atoms with van der Waals surface area (Å²) in [4.78, 5) is 3.98. The number of aliphatic hydroxyl groups is 1. The van der Waals surface area contributed by atoms with Crippen LogP contribution in [0.4, 0.5) is 0 Å². The first-order valence-electron chi connectivity index (χ1n) is 4.35. The van der Waals surface area contributed by atoms with E-state index in [1.807, 2.05) is 6.92 Å². The van der Waals surface area contributed by atoms with Crippen molar-refractivity contribution >= 4 is 34.2 Å². The second kappa shape index (κ2) is 6.47. The minimum atomic E-state index is -0.135. The molecule has 84 valence electrons. The predicted octanol–water partition coefficient (Wildman–Crippen LogP) is 2.20. The first-order valence-corrected chi connectivity index (χ1v) is 5.81. The number of aliphatic hydroxyl groups excluding tert-OH is 1. The average Bonchev–Trinajstić information content (AvgIpc) is 2.17. The first-order chi connectivity index (χ1) is 7.19. The highest BCUT2D eigenvalue weighted by Crippen LogP contribution is 2.25. The molecule has 0 saturated carbocycles. The van der Waals surface area contributed by atoms with Crippen molar-refractivity contribution in [3.05, 3.63) is 20.4 Å². The van der Waals surface area contributed by atoms with E-state index in [0.29, 0.717) is 23.2 Å². The van der Waals surface area contributed by atoms with E-state index < -0.39 is 0 Å². The normalized spacial score (nSPS) is 10.4. The summed E-state index contributed by atoms with van der Waals surface area (Å²) in [6.07, 6.45) is 0. The average molecular weight is 344 g/mol. The van der Waals surface area contributed by atoms with Gasteiger partial charge in [-0.15, -0.1) is 0 Å². The molecule has 1 rings (SSSR count). The minimum absolute atomic E-state index is 0.104. The van der Waals surface area contributed by atoms with Gasteiger partial charge in [0.2, 0.25) is 5.88 Å². The summed E-state index contributed by atoms with van der Waals surface area (Å²) in [5, 5.41) is 9.47. The number of nitrogens with zero attached hydrogens (tertiary/aromatic N) is 1. The third kappa shape index (κ3) is 3.75. The number of aromatic nitrogens is 1. The number of halogens is 2. The molecule has 0 saturated heterocycles. The molecule has 0 fully saturated rings. The van der Waals surface area contributed by atoms with Gasteiger partial charge >= 0.3 is 0 Å². The summed E-state index contributed by atoms with van der Waals surface area (Å²) in [5.41, 5.74) is 0.625. The van der Waals surface area contributed by atoms with E-state index in [1.165, 1.54) is 0 Å². The maximum Gasteiger partial charge on any atom is 0.223 e. The van der Waals surface area contributed by atoms with Gasteiger partial charge in [0.1, 0.15) is 5.15 Å². The Morgan fingerprint density at radius 3 is 2.93 bits per heavy atom. The van der Waals surface area contributed by atoms with Crippen LogP contribution >= 0.6 is 34.2 Å². The standard InChI is InChI=1S/C9H11ClINO3/c1-2-14-5-15-9-6(4-13)7(11)3-8(10)12-9/h3,13H,2,4-5H2,1H3. The number of ether oxygens (including phenoxy) is 2. The van der Waals surface area contributed by atoms with E-state index in [-0.39, 0.29) is 13.4 Å². The molecular formula is C9H11ClINO3. The molecule has 0 aliphatic rings. The monoisotopic (exact) mass is 343 g/mol. The van der Waals surface area contributed by atoms with E-state index in [4.69, 9.17) is 26.2 Å². The van der Waals surface area contributed by atoms with Gasteiger partial charge in [0.05, 0.1) is 12.2 Å². The fourth-order valence-corrected chi connectivity index (χ4v) is 2.00. The highest BCUT2D eigenvalue weighted by atomic mass is 127. The molecule has 1 N–H and O–H groups in total. The van der Waals surface area contributed by atoms with Crippen molar-refractivity contribution in [3.63, 3.8) is 0 Å². The second-order valence-electron chi connectivity index (χ2n) is 2.62. The Labute approximate surface area is 107 Å². The van der Waals surface area contributed by atoms with Crippen molar-refractivity contribution in [2.45, 2.75) is 13.5 Å². The zero-order chi connectivity index (χ0) is 11.3. The van der Waals surface area contributed by atoms with Crippen molar-refractivity contribution in [2.24, 2.45) is 0 Å². The van der Waals surface area contributed by atoms with Crippen LogP contribution in [0.1, 0.15) is 12.5 Å². The number of hydrogen-bond donors (Lipinski definition) is 1. The SMILES string of the molecule is CCOCOc1nc(Cl)cc(I)c1CO. The summed E-state index contributed by atoms with van der Waals surface area (Å²) in [6, 6.07) is 1.67. The predicted molar refractivity (Wildman–Crippen MR) is 65.0 cm³/mol. The second-order valence-corrected chi connectivity index (χ2v) is 4.17. The van der Waals surface area contributed by atoms with Gasteiger partial charge in [-0.25, -0.2) is 4.98 Å². The molecule has 0 aliphatic carbocycles. The Morgan fingerprint density at radius 1 is 1.60 bits per heavy atom. The number of rotatable bonds is 5. The van der Waals surface area contributed by atoms with Gasteiger partial charge in [0.25, 0.3) is 0 Å². The van der Waals surface area contributed by atoms with Crippen LogP contribution in [0.2, 0.25) is 5.15 Å². The van der Waals surface area contributed by atoms with Gasteiger partial charge in [0.15, 0.2) is 6.79 Å². The zero-order valence-corrected chi connectivity index (χ0v) is 11.1. The van der Waals surface area contributed by atoms with Gasteiger partial charge in [-0.05, 0) is 35.6 Å². The van der Waals surface area contributed by atoms with E-state index in [2.05, 4.69) is 27.6 Å². The maximum absolute atomic E-state index is 9.14. The molecule has 0 aromatic carbocycles. The Hall–Kier alpha value is -0.110. The largest absolute Gasteiger partial charge is 0.450 e. The fraction of sp³-hybridized carbons (Fsp3) is 0.444. The Morgan fingerprint density at radius 2 is 2.33 bits per heavy atom. The Balaban J connectivity index is 2.84. The van der Waals surface area contributed by atoms with Crippen molar-refractivity contribution < 1.29 is 14.6 Å². The van der Waals surface area contributed by atoms with Crippen LogP contribution in [0.15, 0.2) is 6.07 Å². The van der Waals surface area contributed by atoms with E-state index >= 15 is 0 Å². The molecule has 1 aromatic heterocycles. The fourth-order valence-electron chi connectivity index (χ4n) is 0.934. The number of pyridine rings is 1. The molecule has 15 heavy (non-hydrogen) atoms. The summed E-state index contributed by atoms with van der Waals surface area (Å²) < 4.78 is 11.1. The van der Waals surface area contributed by atoms with Gasteiger partial charge in [0, 0.05) is 10.2 Å². The molecular weight excluding hydrogens is 332 g/mol. The molecule has 0 atom stereocenters. The summed E-state index contributed by atoms with van der Waals surface area (Å²) in [5.74, 6) is 0.322. The lowest BCUT2D eigenvalue weighted by atomic mass is 10.3.